The van der Waals surface area contributed by atoms with E-state index in [4.69, 9.17) is 15.2 Å². The van der Waals surface area contributed by atoms with Gasteiger partial charge >= 0.3 is 0 Å². The van der Waals surface area contributed by atoms with Crippen molar-refractivity contribution >= 4 is 17.3 Å². The van der Waals surface area contributed by atoms with Gasteiger partial charge in [-0.1, -0.05) is 0 Å². The Kier molecular flexibility index (Phi) is 6.69. The molecule has 0 bridgehead atoms. The van der Waals surface area contributed by atoms with Crippen LogP contribution in [0.25, 0.3) is 5.52 Å². The van der Waals surface area contributed by atoms with Crippen molar-refractivity contribution in [2.75, 3.05) is 6.61 Å². The predicted molar refractivity (Wildman–Crippen MR) is 124 cm³/mol. The molecule has 3 aromatic rings. The van der Waals surface area contributed by atoms with Crippen molar-refractivity contribution in [3.8, 4) is 11.5 Å². The van der Waals surface area contributed by atoms with Crippen molar-refractivity contribution in [1.82, 2.24) is 19.9 Å². The van der Waals surface area contributed by atoms with Crippen LogP contribution in [0.1, 0.15) is 60.2 Å². The molecule has 10 heteroatoms. The van der Waals surface area contributed by atoms with E-state index in [1.807, 2.05) is 0 Å². The Bertz CT molecular complexity index is 1180. The van der Waals surface area contributed by atoms with Crippen LogP contribution in [0.4, 0.5) is 0 Å². The smallest absolute Gasteiger partial charge is 0.255 e. The molecule has 4 N–H and O–H groups in total. The highest BCUT2D eigenvalue weighted by Gasteiger charge is 2.26. The quantitative estimate of drug-likeness (QED) is 0.461. The van der Waals surface area contributed by atoms with E-state index in [0.29, 0.717) is 28.1 Å². The molecule has 0 saturated heterocycles. The molecule has 10 nitrogen and oxygen atoms in total. The molecule has 0 spiro atoms. The van der Waals surface area contributed by atoms with Gasteiger partial charge < -0.3 is 25.6 Å². The number of pyridine rings is 2. The first-order valence-corrected chi connectivity index (χ1v) is 11.2. The second kappa shape index (κ2) is 9.68. The van der Waals surface area contributed by atoms with Crippen LogP contribution < -0.4 is 20.5 Å². The van der Waals surface area contributed by atoms with Gasteiger partial charge in [-0.2, -0.15) is 5.10 Å². The van der Waals surface area contributed by atoms with Crippen LogP contribution in [0.2, 0.25) is 0 Å². The summed E-state index contributed by atoms with van der Waals surface area (Å²) < 4.78 is 13.1. The van der Waals surface area contributed by atoms with Gasteiger partial charge in [0.2, 0.25) is 0 Å². The Labute approximate surface area is 197 Å². The lowest BCUT2D eigenvalue weighted by atomic mass is 9.92. The zero-order valence-electron chi connectivity index (χ0n) is 19.2. The number of ether oxygens (including phenoxy) is 2. The predicted octanol–water partition coefficient (Wildman–Crippen LogP) is 2.10. The van der Waals surface area contributed by atoms with Gasteiger partial charge in [0, 0.05) is 12.2 Å². The van der Waals surface area contributed by atoms with Gasteiger partial charge in [-0.3, -0.25) is 14.6 Å². The van der Waals surface area contributed by atoms with Crippen molar-refractivity contribution in [2.45, 2.75) is 57.3 Å². The first kappa shape index (κ1) is 23.5. The van der Waals surface area contributed by atoms with E-state index in [-0.39, 0.29) is 24.7 Å². The minimum Gasteiger partial charge on any atom is -0.489 e. The molecule has 0 atom stereocenters. The molecule has 0 aliphatic heterocycles. The minimum absolute atomic E-state index is 0.0150. The Hall–Kier alpha value is -3.66. The monoisotopic (exact) mass is 467 g/mol. The number of nitrogens with one attached hydrogen (secondary N) is 1. The average Bonchev–Trinajstić information content (AvgIpc) is 3.22. The summed E-state index contributed by atoms with van der Waals surface area (Å²) >= 11 is 0. The number of rotatable bonds is 8. The lowest BCUT2D eigenvalue weighted by Crippen LogP contribution is -2.39. The minimum atomic E-state index is -0.948. The molecular formula is C24H29N5O5. The van der Waals surface area contributed by atoms with Crippen molar-refractivity contribution in [1.29, 1.82) is 0 Å². The number of fused-ring (bicyclic) bond motifs is 1. The van der Waals surface area contributed by atoms with Crippen LogP contribution >= 0.6 is 0 Å². The highest BCUT2D eigenvalue weighted by atomic mass is 16.5. The third-order valence-corrected chi connectivity index (χ3v) is 5.68. The summed E-state index contributed by atoms with van der Waals surface area (Å²) in [4.78, 5) is 28.5. The number of nitrogens with two attached hydrogens (primary N) is 1. The number of nitrogens with zero attached hydrogens (tertiary/aromatic N) is 3. The molecule has 1 aliphatic carbocycles. The molecular weight excluding hydrogens is 438 g/mol. The molecule has 180 valence electrons. The maximum Gasteiger partial charge on any atom is 0.255 e. The molecule has 0 aromatic carbocycles. The maximum atomic E-state index is 12.9. The third-order valence-electron chi connectivity index (χ3n) is 5.68. The van der Waals surface area contributed by atoms with E-state index in [1.165, 1.54) is 18.6 Å². The fraction of sp³-hybridized carbons (Fsp3) is 0.417. The topological polar surface area (TPSA) is 141 Å². The van der Waals surface area contributed by atoms with Gasteiger partial charge in [0.1, 0.15) is 12.4 Å². The molecule has 4 rings (SSSR count). The van der Waals surface area contributed by atoms with Gasteiger partial charge in [0.05, 0.1) is 46.9 Å². The number of hydrogen-bond acceptors (Lipinski definition) is 7. The highest BCUT2D eigenvalue weighted by Crippen LogP contribution is 2.26. The molecule has 34 heavy (non-hydrogen) atoms. The van der Waals surface area contributed by atoms with Crippen molar-refractivity contribution < 1.29 is 24.2 Å². The molecule has 0 radical (unpaired) electrons. The Morgan fingerprint density at radius 1 is 1.18 bits per heavy atom. The number of amides is 2. The van der Waals surface area contributed by atoms with Gasteiger partial charge in [0.25, 0.3) is 11.8 Å². The molecule has 3 heterocycles. The lowest BCUT2D eigenvalue weighted by Gasteiger charge is -2.29. The van der Waals surface area contributed by atoms with Gasteiger partial charge in [-0.25, -0.2) is 4.52 Å². The molecule has 1 aliphatic rings. The van der Waals surface area contributed by atoms with Gasteiger partial charge in [-0.15, -0.1) is 0 Å². The third kappa shape index (κ3) is 5.63. The molecule has 3 aromatic heterocycles. The van der Waals surface area contributed by atoms with Gasteiger partial charge in [-0.05, 0) is 57.7 Å². The molecule has 1 saturated carbocycles. The zero-order valence-corrected chi connectivity index (χ0v) is 19.2. The largest absolute Gasteiger partial charge is 0.489 e. The van der Waals surface area contributed by atoms with Crippen LogP contribution in [-0.4, -0.2) is 55.9 Å². The number of aromatic nitrogens is 3. The first-order valence-electron chi connectivity index (χ1n) is 11.2. The average molecular weight is 468 g/mol. The Balaban J connectivity index is 1.33. The molecule has 1 fully saturated rings. The summed E-state index contributed by atoms with van der Waals surface area (Å²) in [6, 6.07) is 5.08. The standard InChI is InChI=1S/C24H29N5O5/c1-24(2,32)14-33-17-7-8-20-19(11-27-29(20)13-17)23(31)28-15-3-5-16(6-4-15)34-21-12-26-10-9-18(21)22(25)30/h7-13,15-16,32H,3-6,14H2,1-2H3,(H2,25,30)(H,28,31)/t15-,16-. The number of carbonyl (C=O) groups excluding carboxylic acids is 2. The van der Waals surface area contributed by atoms with Crippen LogP contribution in [0.5, 0.6) is 11.5 Å². The Morgan fingerprint density at radius 3 is 2.65 bits per heavy atom. The van der Waals surface area contributed by atoms with Crippen LogP contribution in [0, 0.1) is 0 Å². The SMILES string of the molecule is CC(C)(O)COc1ccc2c(C(=O)N[C@H]3CC[C@H](Oc4cnccc4C(N)=O)CC3)cnn2c1. The lowest BCUT2D eigenvalue weighted by molar-refractivity contribution is 0.0283. The first-order chi connectivity index (χ1) is 16.2. The van der Waals surface area contributed by atoms with Crippen LogP contribution in [0.15, 0.2) is 43.0 Å². The van der Waals surface area contributed by atoms with Crippen molar-refractivity contribution in [3.63, 3.8) is 0 Å². The van der Waals surface area contributed by atoms with Crippen LogP contribution in [0.3, 0.4) is 0 Å². The fourth-order valence-electron chi connectivity index (χ4n) is 3.93. The summed E-state index contributed by atoms with van der Waals surface area (Å²) in [5.41, 5.74) is 5.92. The van der Waals surface area contributed by atoms with Gasteiger partial charge in [0.15, 0.2) is 5.75 Å². The van der Waals surface area contributed by atoms with Crippen LogP contribution in [-0.2, 0) is 0 Å². The van der Waals surface area contributed by atoms with E-state index in [9.17, 15) is 14.7 Å². The summed E-state index contributed by atoms with van der Waals surface area (Å²) in [7, 11) is 0. The van der Waals surface area contributed by atoms with E-state index in [0.717, 1.165) is 25.7 Å². The van der Waals surface area contributed by atoms with E-state index in [2.05, 4.69) is 15.4 Å². The molecule has 2 amide bonds. The normalized spacial score (nSPS) is 18.4. The number of carbonyl (C=O) groups is 2. The van der Waals surface area contributed by atoms with E-state index >= 15 is 0 Å². The zero-order chi connectivity index (χ0) is 24.3. The number of aliphatic hydroxyl groups is 1. The Morgan fingerprint density at radius 2 is 1.94 bits per heavy atom. The van der Waals surface area contributed by atoms with E-state index in [1.54, 1.807) is 42.8 Å². The fourth-order valence-corrected chi connectivity index (χ4v) is 3.93. The summed E-state index contributed by atoms with van der Waals surface area (Å²) in [6.45, 7) is 3.47. The maximum absolute atomic E-state index is 12.9. The van der Waals surface area contributed by atoms with Crippen molar-refractivity contribution in [2.24, 2.45) is 5.73 Å². The van der Waals surface area contributed by atoms with Crippen molar-refractivity contribution in [3.05, 3.63) is 54.1 Å². The highest BCUT2D eigenvalue weighted by molar-refractivity contribution is 6.00. The number of hydrogen-bond donors (Lipinski definition) is 3. The summed E-state index contributed by atoms with van der Waals surface area (Å²) in [5.74, 6) is 0.200. The van der Waals surface area contributed by atoms with E-state index < -0.39 is 11.5 Å². The second-order valence-electron chi connectivity index (χ2n) is 9.15. The number of primary amides is 1. The second-order valence-corrected chi connectivity index (χ2v) is 9.15. The summed E-state index contributed by atoms with van der Waals surface area (Å²) in [6.07, 6.45) is 9.10. The molecule has 0 unspecified atom stereocenters. The summed E-state index contributed by atoms with van der Waals surface area (Å²) in [5, 5.41) is 17.2.